The number of hydrogen-bond acceptors (Lipinski definition) is 2. The van der Waals surface area contributed by atoms with Gasteiger partial charge in [0, 0.05) is 10.4 Å². The normalized spacial score (nSPS) is 14.8. The molecule has 1 rings (SSSR count). The monoisotopic (exact) mass is 241 g/mol. The van der Waals surface area contributed by atoms with Crippen molar-refractivity contribution in [3.05, 3.63) is 34.9 Å². The Morgan fingerprint density at radius 1 is 1.31 bits per heavy atom. The van der Waals surface area contributed by atoms with Gasteiger partial charge < -0.3 is 10.4 Å². The van der Waals surface area contributed by atoms with Gasteiger partial charge in [0.2, 0.25) is 0 Å². The fourth-order valence-electron chi connectivity index (χ4n) is 1.98. The molecule has 0 aliphatic carbocycles. The van der Waals surface area contributed by atoms with E-state index in [1.807, 2.05) is 31.3 Å². The number of benzene rings is 1. The SMILES string of the molecule is CCC(CO)(CCNC)c1ccc(Cl)cc1. The van der Waals surface area contributed by atoms with Gasteiger partial charge in [-0.2, -0.15) is 0 Å². The maximum absolute atomic E-state index is 9.67. The summed E-state index contributed by atoms with van der Waals surface area (Å²) in [6, 6.07) is 7.79. The zero-order chi connectivity index (χ0) is 12.0. The van der Waals surface area contributed by atoms with Crippen LogP contribution in [-0.4, -0.2) is 25.3 Å². The molecule has 0 fully saturated rings. The number of aliphatic hydroxyl groups excluding tert-OH is 1. The summed E-state index contributed by atoms with van der Waals surface area (Å²) in [5.74, 6) is 0. The van der Waals surface area contributed by atoms with Gasteiger partial charge in [-0.15, -0.1) is 0 Å². The van der Waals surface area contributed by atoms with Crippen molar-refractivity contribution < 1.29 is 5.11 Å². The Bertz CT molecular complexity index is 306. The lowest BCUT2D eigenvalue weighted by molar-refractivity contribution is 0.178. The minimum atomic E-state index is -0.145. The van der Waals surface area contributed by atoms with Crippen molar-refractivity contribution in [1.82, 2.24) is 5.32 Å². The van der Waals surface area contributed by atoms with Gasteiger partial charge in [0.15, 0.2) is 0 Å². The third-order valence-electron chi connectivity index (χ3n) is 3.29. The third-order valence-corrected chi connectivity index (χ3v) is 3.54. The number of hydrogen-bond donors (Lipinski definition) is 2. The Morgan fingerprint density at radius 2 is 1.94 bits per heavy atom. The molecule has 1 unspecified atom stereocenters. The number of rotatable bonds is 6. The average molecular weight is 242 g/mol. The third kappa shape index (κ3) is 2.97. The summed E-state index contributed by atoms with van der Waals surface area (Å²) in [6.45, 7) is 3.18. The van der Waals surface area contributed by atoms with Gasteiger partial charge >= 0.3 is 0 Å². The zero-order valence-electron chi connectivity index (χ0n) is 9.96. The molecular formula is C13H20ClNO. The van der Waals surface area contributed by atoms with Gasteiger partial charge in [0.1, 0.15) is 0 Å². The predicted octanol–water partition coefficient (Wildman–Crippen LogP) is 2.59. The van der Waals surface area contributed by atoms with E-state index in [1.165, 1.54) is 0 Å². The van der Waals surface area contributed by atoms with Crippen LogP contribution in [0.3, 0.4) is 0 Å². The zero-order valence-corrected chi connectivity index (χ0v) is 10.7. The Balaban J connectivity index is 2.95. The maximum Gasteiger partial charge on any atom is 0.0528 e. The van der Waals surface area contributed by atoms with E-state index in [4.69, 9.17) is 11.6 Å². The lowest BCUT2D eigenvalue weighted by atomic mass is 9.76. The van der Waals surface area contributed by atoms with Gasteiger partial charge in [-0.25, -0.2) is 0 Å². The molecule has 0 radical (unpaired) electrons. The first-order valence-electron chi connectivity index (χ1n) is 5.70. The molecule has 1 atom stereocenters. The first-order valence-corrected chi connectivity index (χ1v) is 6.08. The summed E-state index contributed by atoms with van der Waals surface area (Å²) in [5.41, 5.74) is 1.02. The minimum absolute atomic E-state index is 0.145. The quantitative estimate of drug-likeness (QED) is 0.803. The van der Waals surface area contributed by atoms with Gasteiger partial charge in [-0.3, -0.25) is 0 Å². The van der Waals surface area contributed by atoms with Crippen molar-refractivity contribution in [3.8, 4) is 0 Å². The molecule has 0 aliphatic heterocycles. The highest BCUT2D eigenvalue weighted by molar-refractivity contribution is 6.30. The summed E-state index contributed by atoms with van der Waals surface area (Å²) in [5, 5.41) is 13.5. The minimum Gasteiger partial charge on any atom is -0.395 e. The highest BCUT2D eigenvalue weighted by Gasteiger charge is 2.28. The number of nitrogens with one attached hydrogen (secondary N) is 1. The van der Waals surface area contributed by atoms with E-state index in [-0.39, 0.29) is 12.0 Å². The second-order valence-electron chi connectivity index (χ2n) is 4.15. The van der Waals surface area contributed by atoms with Gasteiger partial charge in [0.05, 0.1) is 6.61 Å². The van der Waals surface area contributed by atoms with Crippen LogP contribution in [0.1, 0.15) is 25.3 Å². The Kier molecular flexibility index (Phi) is 5.26. The molecule has 0 heterocycles. The molecule has 1 aromatic rings. The molecule has 0 saturated heterocycles. The van der Waals surface area contributed by atoms with Crippen molar-refractivity contribution >= 4 is 11.6 Å². The highest BCUT2D eigenvalue weighted by atomic mass is 35.5. The number of halogens is 1. The molecule has 16 heavy (non-hydrogen) atoms. The largest absolute Gasteiger partial charge is 0.395 e. The lowest BCUT2D eigenvalue weighted by Gasteiger charge is -2.31. The highest BCUT2D eigenvalue weighted by Crippen LogP contribution is 2.31. The van der Waals surface area contributed by atoms with Crippen LogP contribution in [0.4, 0.5) is 0 Å². The van der Waals surface area contributed by atoms with Gasteiger partial charge in [-0.05, 0) is 44.1 Å². The van der Waals surface area contributed by atoms with Crippen LogP contribution in [0.15, 0.2) is 24.3 Å². The average Bonchev–Trinajstić information content (AvgIpc) is 2.33. The molecule has 0 spiro atoms. The molecular weight excluding hydrogens is 222 g/mol. The van der Waals surface area contributed by atoms with Crippen LogP contribution < -0.4 is 5.32 Å². The molecule has 0 aromatic heterocycles. The van der Waals surface area contributed by atoms with E-state index >= 15 is 0 Å². The second kappa shape index (κ2) is 6.24. The van der Waals surface area contributed by atoms with Crippen LogP contribution in [0.5, 0.6) is 0 Å². The summed E-state index contributed by atoms with van der Waals surface area (Å²) in [7, 11) is 1.93. The van der Waals surface area contributed by atoms with Crippen molar-refractivity contribution in [2.45, 2.75) is 25.2 Å². The van der Waals surface area contributed by atoms with E-state index in [9.17, 15) is 5.11 Å². The summed E-state index contributed by atoms with van der Waals surface area (Å²) < 4.78 is 0. The molecule has 0 amide bonds. The maximum atomic E-state index is 9.67. The molecule has 0 saturated carbocycles. The Hall–Kier alpha value is -0.570. The van der Waals surface area contributed by atoms with Crippen molar-refractivity contribution in [2.75, 3.05) is 20.2 Å². The first-order chi connectivity index (χ1) is 7.68. The van der Waals surface area contributed by atoms with Crippen LogP contribution in [0, 0.1) is 0 Å². The molecule has 2 N–H and O–H groups in total. The summed E-state index contributed by atoms with van der Waals surface area (Å²) in [6.07, 6.45) is 1.85. The van der Waals surface area contributed by atoms with Crippen LogP contribution in [0.25, 0.3) is 0 Å². The van der Waals surface area contributed by atoms with Crippen molar-refractivity contribution in [1.29, 1.82) is 0 Å². The molecule has 0 aliphatic rings. The van der Waals surface area contributed by atoms with E-state index in [0.717, 1.165) is 30.0 Å². The van der Waals surface area contributed by atoms with Gasteiger partial charge in [0.25, 0.3) is 0 Å². The molecule has 90 valence electrons. The van der Waals surface area contributed by atoms with E-state index in [2.05, 4.69) is 12.2 Å². The van der Waals surface area contributed by atoms with Crippen LogP contribution in [0.2, 0.25) is 5.02 Å². The summed E-state index contributed by atoms with van der Waals surface area (Å²) >= 11 is 5.88. The topological polar surface area (TPSA) is 32.3 Å². The number of aliphatic hydroxyl groups is 1. The smallest absolute Gasteiger partial charge is 0.0528 e. The van der Waals surface area contributed by atoms with Gasteiger partial charge in [-0.1, -0.05) is 30.7 Å². The second-order valence-corrected chi connectivity index (χ2v) is 4.59. The van der Waals surface area contributed by atoms with E-state index < -0.39 is 0 Å². The summed E-state index contributed by atoms with van der Waals surface area (Å²) in [4.78, 5) is 0. The molecule has 3 heteroatoms. The molecule has 1 aromatic carbocycles. The Morgan fingerprint density at radius 3 is 2.38 bits per heavy atom. The standard InChI is InChI=1S/C13H20ClNO/c1-3-13(10-16,8-9-15-2)11-4-6-12(14)7-5-11/h4-7,15-16H,3,8-10H2,1-2H3. The molecule has 2 nitrogen and oxygen atoms in total. The fourth-order valence-corrected chi connectivity index (χ4v) is 2.10. The lowest BCUT2D eigenvalue weighted by Crippen LogP contribution is -2.33. The van der Waals surface area contributed by atoms with Crippen LogP contribution >= 0.6 is 11.6 Å². The van der Waals surface area contributed by atoms with E-state index in [1.54, 1.807) is 0 Å². The molecule has 0 bridgehead atoms. The van der Waals surface area contributed by atoms with Crippen molar-refractivity contribution in [3.63, 3.8) is 0 Å². The van der Waals surface area contributed by atoms with E-state index in [0.29, 0.717) is 0 Å². The predicted molar refractivity (Wildman–Crippen MR) is 69.1 cm³/mol. The Labute approximate surface area is 103 Å². The van der Waals surface area contributed by atoms with Crippen molar-refractivity contribution in [2.24, 2.45) is 0 Å². The fraction of sp³-hybridized carbons (Fsp3) is 0.538. The first kappa shape index (κ1) is 13.5. The van der Waals surface area contributed by atoms with Crippen LogP contribution in [-0.2, 0) is 5.41 Å².